The largest absolute Gasteiger partial charge is 0.370 e. The molecular formula is C23H29ClN6O3S2. The molecule has 3 aromatic rings. The van der Waals surface area contributed by atoms with Gasteiger partial charge in [0, 0.05) is 32.3 Å². The van der Waals surface area contributed by atoms with Crippen molar-refractivity contribution in [3.63, 3.8) is 0 Å². The summed E-state index contributed by atoms with van der Waals surface area (Å²) in [7, 11) is -0.469. The van der Waals surface area contributed by atoms with Gasteiger partial charge in [0.2, 0.25) is 15.9 Å². The standard InChI is InChI=1S/C23H28N6O3S2.ClH/c1-15(30)26-23-28-20(13-8-16-4-9-18(10-5-16)27-22(24)25)21(33-23)14-17-6-11-19(12-7-17)34(31,32)29(2)3;/h4-7,9-12H,8,13-14H2,1-3H3,(H4,24,25,27)(H,26,28,30);1H. The molecule has 0 spiro atoms. The third kappa shape index (κ3) is 7.76. The predicted molar refractivity (Wildman–Crippen MR) is 143 cm³/mol. The first kappa shape index (κ1) is 28.2. The maximum absolute atomic E-state index is 12.3. The quantitative estimate of drug-likeness (QED) is 0.283. The van der Waals surface area contributed by atoms with Crippen molar-refractivity contribution in [1.82, 2.24) is 9.29 Å². The fraction of sp³-hybridized carbons (Fsp3) is 0.261. The lowest BCUT2D eigenvalue weighted by atomic mass is 10.0. The highest BCUT2D eigenvalue weighted by Crippen LogP contribution is 2.28. The molecule has 5 N–H and O–H groups in total. The van der Waals surface area contributed by atoms with Crippen LogP contribution in [0.4, 0.5) is 10.8 Å². The first-order chi connectivity index (χ1) is 16.0. The molecule has 1 amide bonds. The monoisotopic (exact) mass is 536 g/mol. The highest BCUT2D eigenvalue weighted by atomic mass is 35.5. The number of amides is 1. The Morgan fingerprint density at radius 2 is 1.63 bits per heavy atom. The Labute approximate surface area is 215 Å². The van der Waals surface area contributed by atoms with Crippen LogP contribution in [0.25, 0.3) is 0 Å². The molecule has 0 aliphatic heterocycles. The van der Waals surface area contributed by atoms with Gasteiger partial charge in [-0.15, -0.1) is 23.7 Å². The van der Waals surface area contributed by atoms with E-state index in [1.165, 1.54) is 36.7 Å². The molecule has 9 nitrogen and oxygen atoms in total. The molecule has 0 aliphatic rings. The number of carbonyl (C=O) groups is 1. The van der Waals surface area contributed by atoms with Crippen molar-refractivity contribution in [3.8, 4) is 0 Å². The van der Waals surface area contributed by atoms with E-state index >= 15 is 0 Å². The van der Waals surface area contributed by atoms with Gasteiger partial charge < -0.3 is 16.8 Å². The second-order valence-electron chi connectivity index (χ2n) is 7.88. The van der Waals surface area contributed by atoms with Gasteiger partial charge in [-0.3, -0.25) is 4.79 Å². The van der Waals surface area contributed by atoms with E-state index in [1.807, 2.05) is 24.3 Å². The molecule has 1 aromatic heterocycles. The SMILES string of the molecule is CC(=O)Nc1nc(CCc2ccc(N=C(N)N)cc2)c(Cc2ccc(S(=O)(=O)N(C)C)cc2)s1.Cl. The van der Waals surface area contributed by atoms with Crippen molar-refractivity contribution < 1.29 is 13.2 Å². The van der Waals surface area contributed by atoms with Gasteiger partial charge in [0.15, 0.2) is 11.1 Å². The highest BCUT2D eigenvalue weighted by molar-refractivity contribution is 7.89. The van der Waals surface area contributed by atoms with E-state index in [-0.39, 0.29) is 29.2 Å². The summed E-state index contributed by atoms with van der Waals surface area (Å²) in [5.41, 5.74) is 14.5. The van der Waals surface area contributed by atoms with E-state index in [2.05, 4.69) is 15.3 Å². The minimum atomic E-state index is -3.48. The summed E-state index contributed by atoms with van der Waals surface area (Å²) in [6.07, 6.45) is 2.01. The van der Waals surface area contributed by atoms with Crippen LogP contribution >= 0.6 is 23.7 Å². The predicted octanol–water partition coefficient (Wildman–Crippen LogP) is 3.05. The smallest absolute Gasteiger partial charge is 0.242 e. The van der Waals surface area contributed by atoms with Gasteiger partial charge >= 0.3 is 0 Å². The normalized spacial score (nSPS) is 11.1. The number of rotatable bonds is 9. The van der Waals surface area contributed by atoms with Crippen LogP contribution in [0.2, 0.25) is 0 Å². The Morgan fingerprint density at radius 1 is 1.03 bits per heavy atom. The van der Waals surface area contributed by atoms with E-state index < -0.39 is 10.0 Å². The minimum Gasteiger partial charge on any atom is -0.370 e. The van der Waals surface area contributed by atoms with E-state index in [9.17, 15) is 13.2 Å². The van der Waals surface area contributed by atoms with Crippen LogP contribution in [0.1, 0.15) is 28.6 Å². The summed E-state index contributed by atoms with van der Waals surface area (Å²) in [6, 6.07) is 14.5. The molecule has 0 unspecified atom stereocenters. The number of sulfonamides is 1. The third-order valence-corrected chi connectivity index (χ3v) is 7.82. The molecule has 0 bridgehead atoms. The molecule has 0 fully saturated rings. The second kappa shape index (κ2) is 12.1. The van der Waals surface area contributed by atoms with Gasteiger partial charge in [0.1, 0.15) is 0 Å². The molecule has 0 saturated heterocycles. The zero-order chi connectivity index (χ0) is 24.9. The number of aliphatic imine (C=N–C) groups is 1. The Balaban J connectivity index is 0.00000432. The zero-order valence-electron chi connectivity index (χ0n) is 19.7. The summed E-state index contributed by atoms with van der Waals surface area (Å²) in [6.45, 7) is 1.45. The molecule has 3 rings (SSSR count). The van der Waals surface area contributed by atoms with Crippen molar-refractivity contribution in [3.05, 3.63) is 70.2 Å². The number of halogens is 1. The van der Waals surface area contributed by atoms with E-state index in [1.54, 1.807) is 24.3 Å². The fourth-order valence-electron chi connectivity index (χ4n) is 3.25. The Hall–Kier alpha value is -2.99. The van der Waals surface area contributed by atoms with Crippen LogP contribution in [0.5, 0.6) is 0 Å². The number of anilines is 1. The van der Waals surface area contributed by atoms with Crippen LogP contribution in [0, 0.1) is 0 Å². The van der Waals surface area contributed by atoms with Crippen LogP contribution in [0.3, 0.4) is 0 Å². The number of carbonyl (C=O) groups excluding carboxylic acids is 1. The summed E-state index contributed by atoms with van der Waals surface area (Å²) in [4.78, 5) is 21.4. The number of aromatic nitrogens is 1. The lowest BCUT2D eigenvalue weighted by molar-refractivity contribution is -0.114. The minimum absolute atomic E-state index is 0. The summed E-state index contributed by atoms with van der Waals surface area (Å²) in [5.74, 6) is -0.168. The van der Waals surface area contributed by atoms with Crippen molar-refractivity contribution >= 4 is 56.5 Å². The van der Waals surface area contributed by atoms with Crippen molar-refractivity contribution in [2.24, 2.45) is 16.5 Å². The number of hydrogen-bond donors (Lipinski definition) is 3. The Bertz CT molecular complexity index is 1280. The van der Waals surface area contributed by atoms with Crippen LogP contribution in [0.15, 0.2) is 58.4 Å². The molecular weight excluding hydrogens is 508 g/mol. The molecule has 35 heavy (non-hydrogen) atoms. The molecule has 0 radical (unpaired) electrons. The molecule has 0 atom stereocenters. The number of nitrogens with zero attached hydrogens (tertiary/aromatic N) is 3. The zero-order valence-corrected chi connectivity index (χ0v) is 22.1. The lowest BCUT2D eigenvalue weighted by Gasteiger charge is -2.11. The Kier molecular flexibility index (Phi) is 9.78. The van der Waals surface area contributed by atoms with Crippen molar-refractivity contribution in [2.45, 2.75) is 31.1 Å². The number of nitrogens with two attached hydrogens (primary N) is 2. The van der Waals surface area contributed by atoms with Gasteiger partial charge in [0.25, 0.3) is 0 Å². The van der Waals surface area contributed by atoms with E-state index in [0.717, 1.165) is 28.1 Å². The highest BCUT2D eigenvalue weighted by Gasteiger charge is 2.18. The molecule has 0 saturated carbocycles. The van der Waals surface area contributed by atoms with Crippen LogP contribution in [-0.2, 0) is 34.1 Å². The topological polar surface area (TPSA) is 144 Å². The summed E-state index contributed by atoms with van der Waals surface area (Å²) < 4.78 is 25.8. The average molecular weight is 537 g/mol. The van der Waals surface area contributed by atoms with Gasteiger partial charge in [-0.1, -0.05) is 24.3 Å². The average Bonchev–Trinajstić information content (AvgIpc) is 3.13. The third-order valence-electron chi connectivity index (χ3n) is 4.97. The fourth-order valence-corrected chi connectivity index (χ4v) is 5.24. The van der Waals surface area contributed by atoms with Crippen LogP contribution < -0.4 is 16.8 Å². The van der Waals surface area contributed by atoms with E-state index in [4.69, 9.17) is 11.5 Å². The number of thiazole rings is 1. The number of benzene rings is 2. The lowest BCUT2D eigenvalue weighted by Crippen LogP contribution is -2.22. The van der Waals surface area contributed by atoms with Crippen molar-refractivity contribution in [2.75, 3.05) is 19.4 Å². The van der Waals surface area contributed by atoms with Crippen molar-refractivity contribution in [1.29, 1.82) is 0 Å². The molecule has 2 aromatic carbocycles. The van der Waals surface area contributed by atoms with Gasteiger partial charge in [-0.25, -0.2) is 22.7 Å². The number of hydrogen-bond acceptors (Lipinski definition) is 6. The molecule has 1 heterocycles. The van der Waals surface area contributed by atoms with Gasteiger partial charge in [-0.05, 0) is 48.2 Å². The number of nitrogens with one attached hydrogen (secondary N) is 1. The first-order valence-electron chi connectivity index (χ1n) is 10.5. The second-order valence-corrected chi connectivity index (χ2v) is 11.1. The van der Waals surface area contributed by atoms with Crippen LogP contribution in [-0.4, -0.2) is 43.7 Å². The Morgan fingerprint density at radius 3 is 2.17 bits per heavy atom. The van der Waals surface area contributed by atoms with E-state index in [0.29, 0.717) is 23.7 Å². The number of aryl methyl sites for hydroxylation is 2. The van der Waals surface area contributed by atoms with Gasteiger partial charge in [-0.2, -0.15) is 0 Å². The summed E-state index contributed by atoms with van der Waals surface area (Å²) in [5, 5.41) is 3.31. The first-order valence-corrected chi connectivity index (χ1v) is 12.8. The maximum atomic E-state index is 12.3. The van der Waals surface area contributed by atoms with Gasteiger partial charge in [0.05, 0.1) is 16.3 Å². The number of guanidine groups is 1. The molecule has 188 valence electrons. The summed E-state index contributed by atoms with van der Waals surface area (Å²) >= 11 is 1.43. The molecule has 0 aliphatic carbocycles. The maximum Gasteiger partial charge on any atom is 0.242 e. The molecule has 12 heteroatoms.